The molecule has 0 saturated carbocycles. The summed E-state index contributed by atoms with van der Waals surface area (Å²) in [5.41, 5.74) is 2.49. The van der Waals surface area contributed by atoms with Crippen molar-refractivity contribution in [1.29, 1.82) is 5.41 Å². The van der Waals surface area contributed by atoms with Gasteiger partial charge in [0, 0.05) is 35.7 Å². The zero-order chi connectivity index (χ0) is 14.4. The molecule has 102 valence electrons. The Hall–Kier alpha value is -2.36. The molecule has 0 aliphatic heterocycles. The van der Waals surface area contributed by atoms with Gasteiger partial charge in [0.15, 0.2) is 18.2 Å². The van der Waals surface area contributed by atoms with Crippen LogP contribution in [0.3, 0.4) is 0 Å². The van der Waals surface area contributed by atoms with E-state index in [9.17, 15) is 0 Å². The normalized spacial score (nSPS) is 10.9. The Kier molecular flexibility index (Phi) is 4.71. The summed E-state index contributed by atoms with van der Waals surface area (Å²) in [6.07, 6.45) is 12.0. The van der Waals surface area contributed by atoms with Crippen molar-refractivity contribution in [3.63, 3.8) is 0 Å². The van der Waals surface area contributed by atoms with Gasteiger partial charge in [0.25, 0.3) is 0 Å². The minimum atomic E-state index is 0.645. The van der Waals surface area contributed by atoms with Crippen LogP contribution >= 0.6 is 0 Å². The van der Waals surface area contributed by atoms with Gasteiger partial charge in [0.05, 0.1) is 5.69 Å². The molecule has 20 heavy (non-hydrogen) atoms. The molecule has 4 nitrogen and oxygen atoms in total. The number of nitrogens with zero attached hydrogens (tertiary/aromatic N) is 3. The second kappa shape index (κ2) is 6.70. The lowest BCUT2D eigenvalue weighted by molar-refractivity contribution is -0.693. The molecule has 0 fully saturated rings. The van der Waals surface area contributed by atoms with Gasteiger partial charge < -0.3 is 5.41 Å². The van der Waals surface area contributed by atoms with E-state index in [-0.39, 0.29) is 0 Å². The van der Waals surface area contributed by atoms with Crippen molar-refractivity contribution in [1.82, 2.24) is 9.97 Å². The number of rotatable bonds is 5. The van der Waals surface area contributed by atoms with Crippen LogP contribution < -0.4 is 4.57 Å². The Morgan fingerprint density at radius 1 is 1.25 bits per heavy atom. The van der Waals surface area contributed by atoms with Crippen LogP contribution in [-0.2, 0) is 6.54 Å². The van der Waals surface area contributed by atoms with Crippen LogP contribution in [0.25, 0.3) is 17.5 Å². The van der Waals surface area contributed by atoms with Gasteiger partial charge in [-0.2, -0.15) is 0 Å². The lowest BCUT2D eigenvalue weighted by Gasteiger charge is -2.03. The third kappa shape index (κ3) is 3.15. The first-order valence-corrected chi connectivity index (χ1v) is 6.82. The Balaban J connectivity index is 2.37. The predicted molar refractivity (Wildman–Crippen MR) is 80.5 cm³/mol. The minimum absolute atomic E-state index is 0.645. The van der Waals surface area contributed by atoms with Crippen LogP contribution in [-0.4, -0.2) is 16.2 Å². The third-order valence-corrected chi connectivity index (χ3v) is 3.03. The van der Waals surface area contributed by atoms with Crippen LogP contribution in [0.1, 0.15) is 31.5 Å². The van der Waals surface area contributed by atoms with E-state index >= 15 is 0 Å². The third-order valence-electron chi connectivity index (χ3n) is 3.03. The standard InChI is InChI=1S/C16H19N4/c1-3-5-6-14-12-18-16(19-15(14)11-17)13-7-9-20(4-2)10-8-13/h5-12,17H,3-4H2,1-2H3/q+1/b6-5-,17-11?. The number of aromatic nitrogens is 3. The second-order valence-electron chi connectivity index (χ2n) is 4.41. The molecule has 0 amide bonds. The van der Waals surface area contributed by atoms with Crippen LogP contribution in [0.4, 0.5) is 0 Å². The van der Waals surface area contributed by atoms with E-state index in [1.54, 1.807) is 6.20 Å². The number of nitrogens with one attached hydrogen (secondary N) is 1. The van der Waals surface area contributed by atoms with Gasteiger partial charge in [-0.3, -0.25) is 0 Å². The molecule has 0 unspecified atom stereocenters. The number of hydrogen-bond acceptors (Lipinski definition) is 3. The molecule has 0 aromatic carbocycles. The Bertz CT molecular complexity index is 615. The fourth-order valence-electron chi connectivity index (χ4n) is 1.85. The van der Waals surface area contributed by atoms with Crippen LogP contribution in [0.2, 0.25) is 0 Å². The minimum Gasteiger partial charge on any atom is -0.306 e. The molecule has 2 heterocycles. The summed E-state index contributed by atoms with van der Waals surface area (Å²) >= 11 is 0. The molecule has 1 N–H and O–H groups in total. The number of pyridine rings is 1. The van der Waals surface area contributed by atoms with Gasteiger partial charge in [-0.1, -0.05) is 19.1 Å². The fraction of sp³-hybridized carbons (Fsp3) is 0.250. The van der Waals surface area contributed by atoms with Gasteiger partial charge in [-0.05, 0) is 13.3 Å². The first kappa shape index (κ1) is 14.1. The average molecular weight is 267 g/mol. The summed E-state index contributed by atoms with van der Waals surface area (Å²) in [4.78, 5) is 8.85. The van der Waals surface area contributed by atoms with E-state index in [2.05, 4.69) is 28.4 Å². The molecule has 0 bridgehead atoms. The molecule has 0 aliphatic carbocycles. The molecule has 2 aromatic rings. The first-order valence-electron chi connectivity index (χ1n) is 6.82. The quantitative estimate of drug-likeness (QED) is 0.669. The van der Waals surface area contributed by atoms with E-state index < -0.39 is 0 Å². The second-order valence-corrected chi connectivity index (χ2v) is 4.41. The summed E-state index contributed by atoms with van der Waals surface area (Å²) in [6.45, 7) is 5.11. The van der Waals surface area contributed by atoms with Crippen LogP contribution in [0.15, 0.2) is 36.8 Å². The first-order chi connectivity index (χ1) is 9.78. The highest BCUT2D eigenvalue weighted by molar-refractivity contribution is 5.81. The van der Waals surface area contributed by atoms with E-state index in [0.717, 1.165) is 24.1 Å². The molecule has 2 aromatic heterocycles. The van der Waals surface area contributed by atoms with E-state index in [0.29, 0.717) is 11.5 Å². The summed E-state index contributed by atoms with van der Waals surface area (Å²) < 4.78 is 2.08. The Morgan fingerprint density at radius 2 is 2.00 bits per heavy atom. The van der Waals surface area contributed by atoms with Gasteiger partial charge >= 0.3 is 0 Å². The molecule has 2 rings (SSSR count). The van der Waals surface area contributed by atoms with Gasteiger partial charge in [-0.25, -0.2) is 14.5 Å². The number of hydrogen-bond donors (Lipinski definition) is 1. The maximum Gasteiger partial charge on any atom is 0.169 e. The van der Waals surface area contributed by atoms with Crippen molar-refractivity contribution in [2.45, 2.75) is 26.8 Å². The lowest BCUT2D eigenvalue weighted by atomic mass is 10.2. The molecule has 0 saturated heterocycles. The van der Waals surface area contributed by atoms with E-state index in [1.807, 2.05) is 36.7 Å². The van der Waals surface area contributed by atoms with Crippen molar-refractivity contribution in [2.75, 3.05) is 0 Å². The SMILES string of the molecule is CC/C=C\c1cnc(-c2cc[n+](CC)cc2)nc1C=N. The number of aryl methyl sites for hydroxylation is 1. The molecule has 0 spiro atoms. The Labute approximate surface area is 119 Å². The average Bonchev–Trinajstić information content (AvgIpc) is 2.52. The van der Waals surface area contributed by atoms with Gasteiger partial charge in [-0.15, -0.1) is 0 Å². The fourth-order valence-corrected chi connectivity index (χ4v) is 1.85. The van der Waals surface area contributed by atoms with Crippen molar-refractivity contribution >= 4 is 12.3 Å². The maximum absolute atomic E-state index is 7.49. The number of allylic oxidation sites excluding steroid dienone is 1. The van der Waals surface area contributed by atoms with Crippen molar-refractivity contribution < 1.29 is 4.57 Å². The van der Waals surface area contributed by atoms with Gasteiger partial charge in [0.2, 0.25) is 0 Å². The molecule has 0 radical (unpaired) electrons. The molecule has 0 aliphatic rings. The molecule has 4 heteroatoms. The highest BCUT2D eigenvalue weighted by atomic mass is 14.9. The summed E-state index contributed by atoms with van der Waals surface area (Å²) in [5.74, 6) is 0.653. The smallest absolute Gasteiger partial charge is 0.169 e. The highest BCUT2D eigenvalue weighted by Gasteiger charge is 2.07. The summed E-state index contributed by atoms with van der Waals surface area (Å²) in [6, 6.07) is 3.99. The highest BCUT2D eigenvalue weighted by Crippen LogP contribution is 2.15. The van der Waals surface area contributed by atoms with E-state index in [4.69, 9.17) is 5.41 Å². The van der Waals surface area contributed by atoms with Crippen LogP contribution in [0.5, 0.6) is 0 Å². The monoisotopic (exact) mass is 267 g/mol. The van der Waals surface area contributed by atoms with Crippen molar-refractivity contribution in [2.24, 2.45) is 0 Å². The largest absolute Gasteiger partial charge is 0.306 e. The molecule has 0 atom stereocenters. The molecular weight excluding hydrogens is 248 g/mol. The molecular formula is C16H19N4+. The Morgan fingerprint density at radius 3 is 2.60 bits per heavy atom. The summed E-state index contributed by atoms with van der Waals surface area (Å²) in [5, 5.41) is 7.49. The zero-order valence-electron chi connectivity index (χ0n) is 11.9. The lowest BCUT2D eigenvalue weighted by Crippen LogP contribution is -2.30. The van der Waals surface area contributed by atoms with Gasteiger partial charge in [0.1, 0.15) is 6.54 Å². The van der Waals surface area contributed by atoms with E-state index in [1.165, 1.54) is 6.21 Å². The van der Waals surface area contributed by atoms with Crippen molar-refractivity contribution in [3.05, 3.63) is 48.1 Å². The topological polar surface area (TPSA) is 53.5 Å². The zero-order valence-corrected chi connectivity index (χ0v) is 11.9. The summed E-state index contributed by atoms with van der Waals surface area (Å²) in [7, 11) is 0. The van der Waals surface area contributed by atoms with Crippen molar-refractivity contribution in [3.8, 4) is 11.4 Å². The maximum atomic E-state index is 7.49. The van der Waals surface area contributed by atoms with Crippen LogP contribution in [0, 0.1) is 5.41 Å². The predicted octanol–water partition coefficient (Wildman–Crippen LogP) is 2.87.